The quantitative estimate of drug-likeness (QED) is 0.861. The van der Waals surface area contributed by atoms with Gasteiger partial charge in [-0.25, -0.2) is 0 Å². The number of carbonyl (C=O) groups is 1. The van der Waals surface area contributed by atoms with Gasteiger partial charge in [0.05, 0.1) is 24.3 Å². The van der Waals surface area contributed by atoms with Crippen molar-refractivity contribution in [1.29, 1.82) is 0 Å². The summed E-state index contributed by atoms with van der Waals surface area (Å²) in [5.74, 6) is -0.157. The molecule has 23 heavy (non-hydrogen) atoms. The van der Waals surface area contributed by atoms with Crippen molar-refractivity contribution in [3.63, 3.8) is 0 Å². The summed E-state index contributed by atoms with van der Waals surface area (Å²) < 4.78 is 1.83. The summed E-state index contributed by atoms with van der Waals surface area (Å²) in [5, 5.41) is 17.6. The van der Waals surface area contributed by atoms with E-state index in [4.69, 9.17) is 0 Å². The van der Waals surface area contributed by atoms with Gasteiger partial charge in [0, 0.05) is 18.3 Å². The third kappa shape index (κ3) is 3.99. The number of aromatic nitrogens is 2. The Morgan fingerprint density at radius 2 is 1.96 bits per heavy atom. The van der Waals surface area contributed by atoms with Gasteiger partial charge in [0.25, 0.3) is 0 Å². The first kappa shape index (κ1) is 17.2. The Labute approximate surface area is 137 Å². The van der Waals surface area contributed by atoms with E-state index in [0.717, 1.165) is 28.9 Å². The van der Waals surface area contributed by atoms with E-state index < -0.39 is 6.10 Å². The van der Waals surface area contributed by atoms with Gasteiger partial charge >= 0.3 is 0 Å². The molecule has 0 saturated heterocycles. The second kappa shape index (κ2) is 7.42. The number of hydrogen-bond donors (Lipinski definition) is 2. The minimum absolute atomic E-state index is 0.0544. The molecule has 0 aliphatic rings. The van der Waals surface area contributed by atoms with E-state index in [-0.39, 0.29) is 18.4 Å². The van der Waals surface area contributed by atoms with Crippen LogP contribution in [0, 0.1) is 13.8 Å². The Balaban J connectivity index is 2.05. The molecule has 0 aliphatic carbocycles. The Morgan fingerprint density at radius 3 is 2.48 bits per heavy atom. The molecule has 2 atom stereocenters. The highest BCUT2D eigenvalue weighted by Gasteiger charge is 2.22. The molecule has 2 unspecified atom stereocenters. The first-order valence-corrected chi connectivity index (χ1v) is 7.96. The van der Waals surface area contributed by atoms with Crippen molar-refractivity contribution in [1.82, 2.24) is 15.1 Å². The predicted octanol–water partition coefficient (Wildman–Crippen LogP) is 2.73. The molecule has 1 aromatic heterocycles. The van der Waals surface area contributed by atoms with Gasteiger partial charge < -0.3 is 10.4 Å². The number of aryl methyl sites for hydroxylation is 2. The molecule has 124 valence electrons. The van der Waals surface area contributed by atoms with Crippen molar-refractivity contribution in [3.05, 3.63) is 52.8 Å². The van der Waals surface area contributed by atoms with E-state index in [1.165, 1.54) is 0 Å². The second-order valence-corrected chi connectivity index (χ2v) is 5.87. The van der Waals surface area contributed by atoms with Gasteiger partial charge in [-0.3, -0.25) is 9.48 Å². The summed E-state index contributed by atoms with van der Waals surface area (Å²) >= 11 is 0. The van der Waals surface area contributed by atoms with Crippen LogP contribution in [0.5, 0.6) is 0 Å². The number of rotatable bonds is 6. The number of benzene rings is 1. The van der Waals surface area contributed by atoms with Crippen molar-refractivity contribution >= 4 is 5.91 Å². The maximum absolute atomic E-state index is 12.3. The van der Waals surface area contributed by atoms with E-state index in [2.05, 4.69) is 10.4 Å². The smallest absolute Gasteiger partial charge is 0.223 e. The molecule has 2 N–H and O–H groups in total. The molecule has 2 rings (SSSR count). The molecule has 5 nitrogen and oxygen atoms in total. The summed E-state index contributed by atoms with van der Waals surface area (Å²) in [6, 6.07) is 9.16. The maximum Gasteiger partial charge on any atom is 0.223 e. The lowest BCUT2D eigenvalue weighted by Gasteiger charge is -2.19. The molecule has 1 aromatic carbocycles. The Bertz CT molecular complexity index is 664. The third-order valence-electron chi connectivity index (χ3n) is 4.22. The van der Waals surface area contributed by atoms with E-state index in [1.807, 2.05) is 62.8 Å². The van der Waals surface area contributed by atoms with E-state index in [9.17, 15) is 9.90 Å². The van der Waals surface area contributed by atoms with Gasteiger partial charge in [-0.15, -0.1) is 0 Å². The Hall–Kier alpha value is -2.14. The minimum Gasteiger partial charge on any atom is -0.388 e. The molecule has 0 saturated carbocycles. The number of aliphatic hydroxyl groups is 1. The van der Waals surface area contributed by atoms with Crippen LogP contribution in [0.4, 0.5) is 0 Å². The van der Waals surface area contributed by atoms with Crippen LogP contribution in [0.25, 0.3) is 0 Å². The minimum atomic E-state index is -0.787. The standard InChI is InChI=1S/C18H25N3O2/c1-5-15(18-12(2)20-21(4)13(18)3)19-17(23)11-16(22)14-9-7-6-8-10-14/h6-10,15-16,22H,5,11H2,1-4H3,(H,19,23). The maximum atomic E-state index is 12.3. The fourth-order valence-corrected chi connectivity index (χ4v) is 2.89. The highest BCUT2D eigenvalue weighted by atomic mass is 16.3. The van der Waals surface area contributed by atoms with E-state index in [0.29, 0.717) is 0 Å². The largest absolute Gasteiger partial charge is 0.388 e. The second-order valence-electron chi connectivity index (χ2n) is 5.87. The van der Waals surface area contributed by atoms with Crippen LogP contribution in [-0.4, -0.2) is 20.8 Å². The molecule has 0 aliphatic heterocycles. The fraction of sp³-hybridized carbons (Fsp3) is 0.444. The lowest BCUT2D eigenvalue weighted by Crippen LogP contribution is -2.30. The number of nitrogens with zero attached hydrogens (tertiary/aromatic N) is 2. The zero-order valence-corrected chi connectivity index (χ0v) is 14.2. The zero-order valence-electron chi connectivity index (χ0n) is 14.2. The van der Waals surface area contributed by atoms with Crippen molar-refractivity contribution < 1.29 is 9.90 Å². The summed E-state index contributed by atoms with van der Waals surface area (Å²) in [6.45, 7) is 5.99. The van der Waals surface area contributed by atoms with Crippen LogP contribution in [0.3, 0.4) is 0 Å². The molecule has 0 bridgehead atoms. The van der Waals surface area contributed by atoms with Crippen LogP contribution in [-0.2, 0) is 11.8 Å². The van der Waals surface area contributed by atoms with Gasteiger partial charge in [0.15, 0.2) is 0 Å². The number of amides is 1. The van der Waals surface area contributed by atoms with Crippen LogP contribution >= 0.6 is 0 Å². The normalized spacial score (nSPS) is 13.6. The summed E-state index contributed by atoms with van der Waals surface area (Å²) in [6.07, 6.45) is 0.0455. The molecule has 1 amide bonds. The highest BCUT2D eigenvalue weighted by molar-refractivity contribution is 5.77. The van der Waals surface area contributed by atoms with Crippen LogP contribution in [0.1, 0.15) is 54.4 Å². The number of aliphatic hydroxyl groups excluding tert-OH is 1. The first-order chi connectivity index (χ1) is 10.9. The Morgan fingerprint density at radius 1 is 1.30 bits per heavy atom. The SMILES string of the molecule is CCC(NC(=O)CC(O)c1ccccc1)c1c(C)nn(C)c1C. The van der Waals surface area contributed by atoms with Crippen molar-refractivity contribution in [3.8, 4) is 0 Å². The fourth-order valence-electron chi connectivity index (χ4n) is 2.89. The molecule has 0 radical (unpaired) electrons. The number of nitrogens with one attached hydrogen (secondary N) is 1. The lowest BCUT2D eigenvalue weighted by atomic mass is 10.0. The Kier molecular flexibility index (Phi) is 5.55. The average molecular weight is 315 g/mol. The van der Waals surface area contributed by atoms with Gasteiger partial charge in [-0.1, -0.05) is 37.3 Å². The summed E-state index contributed by atoms with van der Waals surface area (Å²) in [5.41, 5.74) is 3.81. The number of carbonyl (C=O) groups excluding carboxylic acids is 1. The van der Waals surface area contributed by atoms with E-state index >= 15 is 0 Å². The van der Waals surface area contributed by atoms with Gasteiger partial charge in [-0.05, 0) is 25.8 Å². The van der Waals surface area contributed by atoms with Crippen molar-refractivity contribution in [2.24, 2.45) is 7.05 Å². The summed E-state index contributed by atoms with van der Waals surface area (Å²) in [4.78, 5) is 12.3. The molecular formula is C18H25N3O2. The summed E-state index contributed by atoms with van der Waals surface area (Å²) in [7, 11) is 1.90. The molecule has 5 heteroatoms. The van der Waals surface area contributed by atoms with Crippen molar-refractivity contribution in [2.45, 2.75) is 45.8 Å². The number of hydrogen-bond acceptors (Lipinski definition) is 3. The lowest BCUT2D eigenvalue weighted by molar-refractivity contribution is -0.123. The average Bonchev–Trinajstić information content (AvgIpc) is 2.79. The predicted molar refractivity (Wildman–Crippen MR) is 89.9 cm³/mol. The zero-order chi connectivity index (χ0) is 17.0. The first-order valence-electron chi connectivity index (χ1n) is 7.96. The highest BCUT2D eigenvalue weighted by Crippen LogP contribution is 2.24. The van der Waals surface area contributed by atoms with Crippen LogP contribution in [0.2, 0.25) is 0 Å². The van der Waals surface area contributed by atoms with Gasteiger partial charge in [0.2, 0.25) is 5.91 Å². The van der Waals surface area contributed by atoms with Gasteiger partial charge in [0.1, 0.15) is 0 Å². The molecule has 0 fully saturated rings. The van der Waals surface area contributed by atoms with Crippen LogP contribution in [0.15, 0.2) is 30.3 Å². The van der Waals surface area contributed by atoms with Crippen molar-refractivity contribution in [2.75, 3.05) is 0 Å². The van der Waals surface area contributed by atoms with E-state index in [1.54, 1.807) is 0 Å². The topological polar surface area (TPSA) is 67.2 Å². The van der Waals surface area contributed by atoms with Gasteiger partial charge in [-0.2, -0.15) is 5.10 Å². The molecule has 0 spiro atoms. The molecule has 1 heterocycles. The monoisotopic (exact) mass is 315 g/mol. The third-order valence-corrected chi connectivity index (χ3v) is 4.22. The molecule has 2 aromatic rings. The van der Waals surface area contributed by atoms with Crippen LogP contribution < -0.4 is 5.32 Å². The molecular weight excluding hydrogens is 290 g/mol.